The van der Waals surface area contributed by atoms with Crippen molar-refractivity contribution in [1.29, 1.82) is 0 Å². The zero-order valence-electron chi connectivity index (χ0n) is 10.9. The summed E-state index contributed by atoms with van der Waals surface area (Å²) in [4.78, 5) is 0. The second-order valence-corrected chi connectivity index (χ2v) is 4.22. The Balaban J connectivity index is 0.000000288. The van der Waals surface area contributed by atoms with Crippen LogP contribution < -0.4 is 0 Å². The monoisotopic (exact) mass is 208 g/mol. The third-order valence-electron chi connectivity index (χ3n) is 2.57. The van der Waals surface area contributed by atoms with Crippen molar-refractivity contribution in [3.8, 4) is 0 Å². The van der Waals surface area contributed by atoms with Crippen LogP contribution >= 0.6 is 0 Å². The van der Waals surface area contributed by atoms with Crippen LogP contribution in [0.25, 0.3) is 0 Å². The molecule has 0 saturated carbocycles. The van der Waals surface area contributed by atoms with Gasteiger partial charge in [-0.25, -0.2) is 0 Å². The van der Waals surface area contributed by atoms with Crippen LogP contribution in [-0.4, -0.2) is 0 Å². The first-order valence-electron chi connectivity index (χ1n) is 6.70. The number of hydrogen-bond acceptors (Lipinski definition) is 0. The minimum absolute atomic E-state index is 1.24. The molecule has 0 bridgehead atoms. The molecular formula is C15H28. The van der Waals surface area contributed by atoms with Crippen molar-refractivity contribution in [2.75, 3.05) is 0 Å². The van der Waals surface area contributed by atoms with Crippen molar-refractivity contribution in [3.05, 3.63) is 23.8 Å². The predicted molar refractivity (Wildman–Crippen MR) is 71.2 cm³/mol. The van der Waals surface area contributed by atoms with Gasteiger partial charge >= 0.3 is 0 Å². The first-order chi connectivity index (χ1) is 7.35. The highest BCUT2D eigenvalue weighted by Gasteiger charge is 1.93. The molecule has 0 aromatic heterocycles. The molecular weight excluding hydrogens is 180 g/mol. The summed E-state index contributed by atoms with van der Waals surface area (Å²) >= 11 is 0. The zero-order valence-corrected chi connectivity index (χ0v) is 10.9. The molecule has 0 aromatic rings. The lowest BCUT2D eigenvalue weighted by molar-refractivity contribution is 0.702. The first kappa shape index (κ1) is 14.5. The van der Waals surface area contributed by atoms with Gasteiger partial charge in [0.15, 0.2) is 0 Å². The summed E-state index contributed by atoms with van der Waals surface area (Å²) in [7, 11) is 0. The maximum absolute atomic E-state index is 2.35. The Morgan fingerprint density at radius 2 is 1.60 bits per heavy atom. The Hall–Kier alpha value is -0.520. The lowest BCUT2D eigenvalue weighted by Gasteiger charge is -2.03. The first-order valence-corrected chi connectivity index (χ1v) is 6.70. The van der Waals surface area contributed by atoms with Gasteiger partial charge in [-0.1, -0.05) is 76.7 Å². The van der Waals surface area contributed by atoms with Gasteiger partial charge < -0.3 is 0 Å². The molecule has 0 atom stereocenters. The summed E-state index contributed by atoms with van der Waals surface area (Å²) in [6.45, 7) is 6.69. The van der Waals surface area contributed by atoms with Gasteiger partial charge in [-0.15, -0.1) is 0 Å². The Labute approximate surface area is 96.5 Å². The Bertz CT molecular complexity index is 170. The van der Waals surface area contributed by atoms with Crippen LogP contribution in [0.1, 0.15) is 72.1 Å². The van der Waals surface area contributed by atoms with E-state index >= 15 is 0 Å². The Kier molecular flexibility index (Phi) is 11.2. The van der Waals surface area contributed by atoms with Gasteiger partial charge in [0, 0.05) is 0 Å². The van der Waals surface area contributed by atoms with E-state index in [2.05, 4.69) is 39.0 Å². The van der Waals surface area contributed by atoms with E-state index in [0.29, 0.717) is 0 Å². The van der Waals surface area contributed by atoms with E-state index in [1.807, 2.05) is 0 Å². The molecule has 1 aliphatic rings. The highest BCUT2D eigenvalue weighted by atomic mass is 14.0. The van der Waals surface area contributed by atoms with Gasteiger partial charge in [0.2, 0.25) is 0 Å². The SMILES string of the molecule is CCCC1=CCCC=C1.CCCCCC. The molecule has 15 heavy (non-hydrogen) atoms. The summed E-state index contributed by atoms with van der Waals surface area (Å²) in [5.41, 5.74) is 1.53. The van der Waals surface area contributed by atoms with Gasteiger partial charge in [0.05, 0.1) is 0 Å². The zero-order chi connectivity index (χ0) is 11.4. The average molecular weight is 208 g/mol. The molecule has 0 amide bonds. The third-order valence-corrected chi connectivity index (χ3v) is 2.57. The summed E-state index contributed by atoms with van der Waals surface area (Å²) in [6.07, 6.45) is 17.4. The molecule has 0 aliphatic heterocycles. The molecule has 0 heteroatoms. The lowest BCUT2D eigenvalue weighted by Crippen LogP contribution is -1.82. The van der Waals surface area contributed by atoms with E-state index < -0.39 is 0 Å². The van der Waals surface area contributed by atoms with E-state index in [-0.39, 0.29) is 0 Å². The molecule has 1 rings (SSSR count). The van der Waals surface area contributed by atoms with Crippen molar-refractivity contribution >= 4 is 0 Å². The van der Waals surface area contributed by atoms with Gasteiger partial charge in [0.1, 0.15) is 0 Å². The molecule has 0 saturated heterocycles. The van der Waals surface area contributed by atoms with Gasteiger partial charge in [-0.3, -0.25) is 0 Å². The molecule has 1 aliphatic carbocycles. The molecule has 0 fully saturated rings. The fourth-order valence-electron chi connectivity index (χ4n) is 1.64. The van der Waals surface area contributed by atoms with Crippen LogP contribution in [-0.2, 0) is 0 Å². The summed E-state index contributed by atoms with van der Waals surface area (Å²) in [5.74, 6) is 0. The Morgan fingerprint density at radius 1 is 0.933 bits per heavy atom. The van der Waals surface area contributed by atoms with Crippen molar-refractivity contribution in [1.82, 2.24) is 0 Å². The quantitative estimate of drug-likeness (QED) is 0.512. The number of allylic oxidation sites excluding steroid dienone is 4. The van der Waals surface area contributed by atoms with Crippen molar-refractivity contribution < 1.29 is 0 Å². The van der Waals surface area contributed by atoms with Gasteiger partial charge in [0.25, 0.3) is 0 Å². The van der Waals surface area contributed by atoms with E-state index in [9.17, 15) is 0 Å². The predicted octanol–water partition coefficient (Wildman–Crippen LogP) is 5.65. The van der Waals surface area contributed by atoms with Crippen molar-refractivity contribution in [2.24, 2.45) is 0 Å². The largest absolute Gasteiger partial charge is 0.0840 e. The molecule has 0 nitrogen and oxygen atoms in total. The van der Waals surface area contributed by atoms with Crippen LogP contribution in [0.4, 0.5) is 0 Å². The smallest absolute Gasteiger partial charge is 0.0285 e. The summed E-state index contributed by atoms with van der Waals surface area (Å²) < 4.78 is 0. The van der Waals surface area contributed by atoms with Crippen molar-refractivity contribution in [2.45, 2.75) is 72.1 Å². The van der Waals surface area contributed by atoms with E-state index in [1.165, 1.54) is 56.9 Å². The van der Waals surface area contributed by atoms with E-state index in [0.717, 1.165) is 0 Å². The maximum Gasteiger partial charge on any atom is -0.0285 e. The fraction of sp³-hybridized carbons (Fsp3) is 0.733. The molecule has 0 N–H and O–H groups in total. The van der Waals surface area contributed by atoms with Crippen LogP contribution in [0, 0.1) is 0 Å². The molecule has 0 radical (unpaired) electrons. The highest BCUT2D eigenvalue weighted by Crippen LogP contribution is 2.13. The second-order valence-electron chi connectivity index (χ2n) is 4.22. The van der Waals surface area contributed by atoms with Gasteiger partial charge in [-0.05, 0) is 19.3 Å². The summed E-state index contributed by atoms with van der Waals surface area (Å²) in [5, 5.41) is 0. The average Bonchev–Trinajstić information content (AvgIpc) is 2.29. The molecule has 0 spiro atoms. The van der Waals surface area contributed by atoms with Crippen molar-refractivity contribution in [3.63, 3.8) is 0 Å². The normalized spacial score (nSPS) is 14.2. The maximum atomic E-state index is 2.35. The molecule has 0 aromatic carbocycles. The van der Waals surface area contributed by atoms with Crippen LogP contribution in [0.5, 0.6) is 0 Å². The third kappa shape index (κ3) is 9.78. The highest BCUT2D eigenvalue weighted by molar-refractivity contribution is 5.21. The van der Waals surface area contributed by atoms with E-state index in [1.54, 1.807) is 0 Å². The topological polar surface area (TPSA) is 0 Å². The Morgan fingerprint density at radius 3 is 2.00 bits per heavy atom. The minimum atomic E-state index is 1.24. The minimum Gasteiger partial charge on any atom is -0.0840 e. The number of unbranched alkanes of at least 4 members (excludes halogenated alkanes) is 3. The molecule has 0 unspecified atom stereocenters. The van der Waals surface area contributed by atoms with Crippen LogP contribution in [0.3, 0.4) is 0 Å². The number of hydrogen-bond donors (Lipinski definition) is 0. The lowest BCUT2D eigenvalue weighted by atomic mass is 10.0. The van der Waals surface area contributed by atoms with Gasteiger partial charge in [-0.2, -0.15) is 0 Å². The second kappa shape index (κ2) is 11.6. The van der Waals surface area contributed by atoms with Crippen LogP contribution in [0.2, 0.25) is 0 Å². The number of rotatable bonds is 5. The van der Waals surface area contributed by atoms with Crippen LogP contribution in [0.15, 0.2) is 23.8 Å². The molecule has 88 valence electrons. The standard InChI is InChI=1S/C9H14.C6H14/c1-2-6-9-7-4-3-5-8-9;1-3-5-6-4-2/h4,7-8H,2-3,5-6H2,1H3;3-6H2,1-2H3. The molecule has 0 heterocycles. The fourth-order valence-corrected chi connectivity index (χ4v) is 1.64. The summed E-state index contributed by atoms with van der Waals surface area (Å²) in [6, 6.07) is 0. The van der Waals surface area contributed by atoms with E-state index in [4.69, 9.17) is 0 Å².